The van der Waals surface area contributed by atoms with Crippen molar-refractivity contribution < 1.29 is 14.3 Å². The van der Waals surface area contributed by atoms with Crippen LogP contribution >= 0.6 is 11.6 Å². The molecule has 3 aliphatic rings. The van der Waals surface area contributed by atoms with Gasteiger partial charge in [-0.05, 0) is 55.4 Å². The van der Waals surface area contributed by atoms with Gasteiger partial charge >= 0.3 is 6.03 Å². The minimum absolute atomic E-state index is 0.0134. The first-order valence-corrected chi connectivity index (χ1v) is 11.6. The topological polar surface area (TPSA) is 66.8 Å². The molecule has 1 aromatic carbocycles. The number of carbonyl (C=O) groups is 2. The number of carbonyl (C=O) groups excluding carboxylic acids is 2. The first kappa shape index (κ1) is 20.6. The van der Waals surface area contributed by atoms with Crippen LogP contribution in [-0.4, -0.2) is 71.2 Å². The van der Waals surface area contributed by atoms with E-state index in [1.54, 1.807) is 0 Å². The Kier molecular flexibility index (Phi) is 5.56. The molecule has 31 heavy (non-hydrogen) atoms. The standard InChI is InChI=1S/C23H29ClN4O3/c1-26-13-18(17-12-16(24)2-3-20(17)26)15-4-8-27(9-5-15)23(30)28-10-6-19-21(7-11-28)31-14-22(29)25-19/h2-3,12-13,15,19,21H,4-11,14H2,1H3,(H,25,29). The molecule has 8 heteroatoms. The molecular formula is C23H29ClN4O3. The summed E-state index contributed by atoms with van der Waals surface area (Å²) < 4.78 is 7.84. The van der Waals surface area contributed by atoms with Gasteiger partial charge < -0.3 is 24.4 Å². The van der Waals surface area contributed by atoms with Crippen LogP contribution in [0, 0.1) is 0 Å². The van der Waals surface area contributed by atoms with Crippen molar-refractivity contribution in [2.75, 3.05) is 32.8 Å². The third kappa shape index (κ3) is 4.01. The second-order valence-corrected chi connectivity index (χ2v) is 9.43. The molecular weight excluding hydrogens is 416 g/mol. The fourth-order valence-corrected chi connectivity index (χ4v) is 5.54. The van der Waals surface area contributed by atoms with Gasteiger partial charge in [0.15, 0.2) is 0 Å². The number of piperidine rings is 1. The van der Waals surface area contributed by atoms with E-state index in [0.29, 0.717) is 19.0 Å². The van der Waals surface area contributed by atoms with Crippen molar-refractivity contribution in [3.8, 4) is 0 Å². The van der Waals surface area contributed by atoms with Crippen LogP contribution in [-0.2, 0) is 16.6 Å². The number of hydrogen-bond acceptors (Lipinski definition) is 3. The number of amides is 3. The maximum atomic E-state index is 13.2. The lowest BCUT2D eigenvalue weighted by molar-refractivity contribution is -0.136. The number of nitrogens with zero attached hydrogens (tertiary/aromatic N) is 3. The highest BCUT2D eigenvalue weighted by atomic mass is 35.5. The molecule has 4 heterocycles. The van der Waals surface area contributed by atoms with Crippen molar-refractivity contribution in [1.82, 2.24) is 19.7 Å². The van der Waals surface area contributed by atoms with E-state index in [1.165, 1.54) is 16.5 Å². The lowest BCUT2D eigenvalue weighted by Crippen LogP contribution is -2.51. The number of aromatic nitrogens is 1. The molecule has 2 aromatic rings. The Labute approximate surface area is 187 Å². The zero-order chi connectivity index (χ0) is 21.5. The molecule has 2 unspecified atom stereocenters. The Morgan fingerprint density at radius 3 is 2.58 bits per heavy atom. The van der Waals surface area contributed by atoms with Crippen LogP contribution in [0.25, 0.3) is 10.9 Å². The summed E-state index contributed by atoms with van der Waals surface area (Å²) in [4.78, 5) is 28.7. The van der Waals surface area contributed by atoms with Crippen molar-refractivity contribution in [3.63, 3.8) is 0 Å². The van der Waals surface area contributed by atoms with Gasteiger partial charge in [-0.3, -0.25) is 4.79 Å². The molecule has 1 aromatic heterocycles. The molecule has 0 radical (unpaired) electrons. The number of aryl methyl sites for hydroxylation is 1. The number of morpholine rings is 1. The minimum atomic E-state index is -0.0576. The molecule has 2 atom stereocenters. The van der Waals surface area contributed by atoms with E-state index in [-0.39, 0.29) is 30.7 Å². The normalized spacial score (nSPS) is 25.3. The van der Waals surface area contributed by atoms with Crippen LogP contribution in [0.5, 0.6) is 0 Å². The molecule has 0 aliphatic carbocycles. The Hall–Kier alpha value is -2.25. The third-order valence-electron chi connectivity index (χ3n) is 7.08. The van der Waals surface area contributed by atoms with Crippen LogP contribution in [0.15, 0.2) is 24.4 Å². The quantitative estimate of drug-likeness (QED) is 0.734. The van der Waals surface area contributed by atoms with Crippen LogP contribution < -0.4 is 5.32 Å². The summed E-state index contributed by atoms with van der Waals surface area (Å²) in [5.74, 6) is 0.375. The number of fused-ring (bicyclic) bond motifs is 2. The van der Waals surface area contributed by atoms with Crippen molar-refractivity contribution in [2.45, 2.75) is 43.7 Å². The van der Waals surface area contributed by atoms with Gasteiger partial charge in [0.1, 0.15) is 6.61 Å². The highest BCUT2D eigenvalue weighted by molar-refractivity contribution is 6.31. The lowest BCUT2D eigenvalue weighted by Gasteiger charge is -2.35. The van der Waals surface area contributed by atoms with Gasteiger partial charge in [0.2, 0.25) is 5.91 Å². The summed E-state index contributed by atoms with van der Waals surface area (Å²) in [7, 11) is 2.07. The predicted octanol–water partition coefficient (Wildman–Crippen LogP) is 3.11. The second-order valence-electron chi connectivity index (χ2n) is 8.99. The number of benzene rings is 1. The van der Waals surface area contributed by atoms with Gasteiger partial charge in [-0.15, -0.1) is 0 Å². The van der Waals surface area contributed by atoms with Crippen LogP contribution in [0.3, 0.4) is 0 Å². The predicted molar refractivity (Wildman–Crippen MR) is 119 cm³/mol. The van der Waals surface area contributed by atoms with Crippen molar-refractivity contribution in [1.29, 1.82) is 0 Å². The Morgan fingerprint density at radius 2 is 1.81 bits per heavy atom. The van der Waals surface area contributed by atoms with E-state index in [2.05, 4.69) is 35.3 Å². The van der Waals surface area contributed by atoms with Gasteiger partial charge in [0, 0.05) is 55.3 Å². The molecule has 3 aliphatic heterocycles. The summed E-state index contributed by atoms with van der Waals surface area (Å²) in [6, 6.07) is 6.19. The second kappa shape index (κ2) is 8.36. The Morgan fingerprint density at radius 1 is 1.10 bits per heavy atom. The number of rotatable bonds is 1. The van der Waals surface area contributed by atoms with Crippen molar-refractivity contribution in [3.05, 3.63) is 35.0 Å². The average Bonchev–Trinajstić information content (AvgIpc) is 2.95. The molecule has 0 saturated carbocycles. The molecule has 1 N–H and O–H groups in total. The molecule has 5 rings (SSSR count). The average molecular weight is 445 g/mol. The molecule has 3 saturated heterocycles. The van der Waals surface area contributed by atoms with Crippen molar-refractivity contribution >= 4 is 34.4 Å². The monoisotopic (exact) mass is 444 g/mol. The number of hydrogen-bond donors (Lipinski definition) is 1. The molecule has 3 fully saturated rings. The van der Waals surface area contributed by atoms with E-state index >= 15 is 0 Å². The van der Waals surface area contributed by atoms with Crippen LogP contribution in [0.1, 0.15) is 37.2 Å². The van der Waals surface area contributed by atoms with E-state index < -0.39 is 0 Å². The highest BCUT2D eigenvalue weighted by Crippen LogP contribution is 2.35. The maximum Gasteiger partial charge on any atom is 0.320 e. The van der Waals surface area contributed by atoms with Crippen molar-refractivity contribution in [2.24, 2.45) is 7.05 Å². The van der Waals surface area contributed by atoms with Gasteiger partial charge in [-0.25, -0.2) is 4.79 Å². The van der Waals surface area contributed by atoms with Gasteiger partial charge in [0.05, 0.1) is 12.1 Å². The first-order chi connectivity index (χ1) is 15.0. The first-order valence-electron chi connectivity index (χ1n) is 11.2. The maximum absolute atomic E-state index is 13.2. The van der Waals surface area contributed by atoms with Gasteiger partial charge in [-0.1, -0.05) is 11.6 Å². The molecule has 0 spiro atoms. The van der Waals surface area contributed by atoms with Crippen LogP contribution in [0.4, 0.5) is 4.79 Å². The largest absolute Gasteiger partial charge is 0.366 e. The lowest BCUT2D eigenvalue weighted by atomic mass is 9.89. The van der Waals surface area contributed by atoms with E-state index in [0.717, 1.165) is 43.8 Å². The summed E-state index contributed by atoms with van der Waals surface area (Å²) >= 11 is 6.26. The number of urea groups is 1. The SMILES string of the molecule is Cn1cc(C2CCN(C(=O)N3CCC4NC(=O)COC4CC3)CC2)c2cc(Cl)ccc21. The third-order valence-corrected chi connectivity index (χ3v) is 7.31. The summed E-state index contributed by atoms with van der Waals surface area (Å²) in [5.41, 5.74) is 2.53. The number of ether oxygens (including phenoxy) is 1. The van der Waals surface area contributed by atoms with E-state index in [4.69, 9.17) is 16.3 Å². The molecule has 166 valence electrons. The molecule has 3 amide bonds. The van der Waals surface area contributed by atoms with Crippen LogP contribution in [0.2, 0.25) is 5.02 Å². The number of nitrogens with one attached hydrogen (secondary N) is 1. The summed E-state index contributed by atoms with van der Waals surface area (Å²) in [6.45, 7) is 2.99. The van der Waals surface area contributed by atoms with Gasteiger partial charge in [-0.2, -0.15) is 0 Å². The fourth-order valence-electron chi connectivity index (χ4n) is 5.37. The van der Waals surface area contributed by atoms with E-state index in [1.807, 2.05) is 15.9 Å². The highest BCUT2D eigenvalue weighted by Gasteiger charge is 2.35. The van der Waals surface area contributed by atoms with E-state index in [9.17, 15) is 9.59 Å². The zero-order valence-corrected chi connectivity index (χ0v) is 18.6. The molecule has 0 bridgehead atoms. The number of halogens is 1. The summed E-state index contributed by atoms with van der Waals surface area (Å²) in [6.07, 6.45) is 5.65. The minimum Gasteiger partial charge on any atom is -0.366 e. The number of likely N-dealkylation sites (tertiary alicyclic amines) is 2. The fraction of sp³-hybridized carbons (Fsp3) is 0.565. The summed E-state index contributed by atoms with van der Waals surface area (Å²) in [5, 5.41) is 4.99. The molecule has 7 nitrogen and oxygen atoms in total. The Balaban J connectivity index is 1.22. The van der Waals surface area contributed by atoms with Gasteiger partial charge in [0.25, 0.3) is 0 Å². The zero-order valence-electron chi connectivity index (χ0n) is 17.8. The smallest absolute Gasteiger partial charge is 0.320 e. The Bertz CT molecular complexity index is 998.